The van der Waals surface area contributed by atoms with Crippen LogP contribution in [0.5, 0.6) is 5.75 Å². The highest BCUT2D eigenvalue weighted by molar-refractivity contribution is 9.10. The molecule has 0 saturated heterocycles. The molecule has 8 heteroatoms. The largest absolute Gasteiger partial charge is 0.483 e. The van der Waals surface area contributed by atoms with Gasteiger partial charge in [-0.3, -0.25) is 9.59 Å². The van der Waals surface area contributed by atoms with Gasteiger partial charge in [-0.25, -0.2) is 0 Å². The van der Waals surface area contributed by atoms with Crippen LogP contribution in [0.4, 0.5) is 0 Å². The summed E-state index contributed by atoms with van der Waals surface area (Å²) in [5.74, 6) is 0.0435. The number of ether oxygens (including phenoxy) is 1. The Bertz CT molecular complexity index is 1260. The first kappa shape index (κ1) is 29.4. The molecule has 39 heavy (non-hydrogen) atoms. The quantitative estimate of drug-likeness (QED) is 0.240. The highest BCUT2D eigenvalue weighted by atomic mass is 79.9. The summed E-state index contributed by atoms with van der Waals surface area (Å²) in [4.78, 5) is 29.2. The van der Waals surface area contributed by atoms with E-state index in [1.165, 1.54) is 0 Å². The number of aryl methyl sites for hydroxylation is 1. The number of carbonyl (C=O) groups is 2. The molecule has 1 atom stereocenters. The third-order valence-electron chi connectivity index (χ3n) is 7.12. The Morgan fingerprint density at radius 3 is 2.33 bits per heavy atom. The Hall–Kier alpha value is -2.54. The van der Waals surface area contributed by atoms with Gasteiger partial charge < -0.3 is 15.0 Å². The minimum atomic E-state index is -0.776. The molecule has 5 nitrogen and oxygen atoms in total. The summed E-state index contributed by atoms with van der Waals surface area (Å²) >= 11 is 16.6. The number of nitrogens with zero attached hydrogens (tertiary/aromatic N) is 1. The zero-order chi connectivity index (χ0) is 27.8. The zero-order valence-corrected chi connectivity index (χ0v) is 25.1. The molecule has 1 fully saturated rings. The van der Waals surface area contributed by atoms with Crippen LogP contribution in [0.3, 0.4) is 0 Å². The molecule has 0 heterocycles. The van der Waals surface area contributed by atoms with Crippen LogP contribution in [-0.2, 0) is 29.0 Å². The van der Waals surface area contributed by atoms with Crippen LogP contribution in [0.15, 0.2) is 71.2 Å². The molecular formula is C31H33BrCl2N2O3. The Morgan fingerprint density at radius 1 is 1.00 bits per heavy atom. The molecule has 3 aromatic rings. The lowest BCUT2D eigenvalue weighted by atomic mass is 10.0. The van der Waals surface area contributed by atoms with E-state index in [4.69, 9.17) is 27.9 Å². The minimum absolute atomic E-state index is 0.0756. The lowest BCUT2D eigenvalue weighted by Crippen LogP contribution is -2.53. The number of hydrogen-bond acceptors (Lipinski definition) is 3. The minimum Gasteiger partial charge on any atom is -0.483 e. The molecule has 1 N–H and O–H groups in total. The molecule has 1 unspecified atom stereocenters. The van der Waals surface area contributed by atoms with Gasteiger partial charge in [-0.1, -0.05) is 85.4 Å². The monoisotopic (exact) mass is 630 g/mol. The molecule has 0 aromatic heterocycles. The number of carbonyl (C=O) groups excluding carboxylic acids is 2. The van der Waals surface area contributed by atoms with Crippen molar-refractivity contribution in [3.05, 3.63) is 97.9 Å². The van der Waals surface area contributed by atoms with Crippen molar-refractivity contribution in [2.75, 3.05) is 6.61 Å². The van der Waals surface area contributed by atoms with E-state index in [1.807, 2.05) is 48.5 Å². The number of amides is 2. The van der Waals surface area contributed by atoms with Crippen LogP contribution in [0, 0.1) is 0 Å². The highest BCUT2D eigenvalue weighted by Gasteiger charge is 2.33. The topological polar surface area (TPSA) is 58.6 Å². The van der Waals surface area contributed by atoms with Crippen molar-refractivity contribution in [2.24, 2.45) is 0 Å². The molecule has 1 aliphatic carbocycles. The normalized spacial score (nSPS) is 14.2. The molecule has 3 aromatic carbocycles. The van der Waals surface area contributed by atoms with Crippen molar-refractivity contribution >= 4 is 50.9 Å². The van der Waals surface area contributed by atoms with Crippen LogP contribution in [0.1, 0.15) is 49.3 Å². The number of nitrogens with one attached hydrogen (secondary N) is 1. The van der Waals surface area contributed by atoms with Gasteiger partial charge in [-0.15, -0.1) is 0 Å². The van der Waals surface area contributed by atoms with E-state index in [-0.39, 0.29) is 31.0 Å². The molecule has 206 valence electrons. The Balaban J connectivity index is 1.65. The lowest BCUT2D eigenvalue weighted by molar-refractivity contribution is -0.143. The van der Waals surface area contributed by atoms with Gasteiger partial charge >= 0.3 is 0 Å². The summed E-state index contributed by atoms with van der Waals surface area (Å²) in [7, 11) is 0. The number of benzene rings is 3. The fraction of sp³-hybridized carbons (Fsp3) is 0.355. The van der Waals surface area contributed by atoms with E-state index in [2.05, 4.69) is 28.2 Å². The molecular weight excluding hydrogens is 599 g/mol. The van der Waals surface area contributed by atoms with Gasteiger partial charge in [-0.05, 0) is 70.6 Å². The first-order valence-corrected chi connectivity index (χ1v) is 14.9. The number of hydrogen-bond donors (Lipinski definition) is 1. The average Bonchev–Trinajstić information content (AvgIpc) is 3.44. The molecule has 0 aliphatic heterocycles. The maximum atomic E-state index is 13.9. The van der Waals surface area contributed by atoms with Crippen LogP contribution >= 0.6 is 39.1 Å². The summed E-state index contributed by atoms with van der Waals surface area (Å²) < 4.78 is 6.73. The van der Waals surface area contributed by atoms with Gasteiger partial charge in [0, 0.05) is 34.6 Å². The van der Waals surface area contributed by atoms with E-state index >= 15 is 0 Å². The SMILES string of the molecule is CCc1ccc(OCC(=O)N(Cc2c(Cl)cccc2Cl)C(Cc2ccccc2)C(=O)NC2CCCC2)c(Br)c1. The van der Waals surface area contributed by atoms with E-state index in [9.17, 15) is 9.59 Å². The Labute approximate surface area is 249 Å². The molecule has 1 aliphatic rings. The predicted molar refractivity (Wildman–Crippen MR) is 160 cm³/mol. The zero-order valence-electron chi connectivity index (χ0n) is 22.0. The van der Waals surface area contributed by atoms with Crippen molar-refractivity contribution in [1.29, 1.82) is 0 Å². The van der Waals surface area contributed by atoms with E-state index in [1.54, 1.807) is 23.1 Å². The maximum Gasteiger partial charge on any atom is 0.261 e. The summed E-state index contributed by atoms with van der Waals surface area (Å²) in [6.07, 6.45) is 5.30. The first-order chi connectivity index (χ1) is 18.9. The Morgan fingerprint density at radius 2 is 1.69 bits per heavy atom. The molecule has 0 spiro atoms. The molecule has 0 bridgehead atoms. The number of halogens is 3. The van der Waals surface area contributed by atoms with Crippen LogP contribution in [-0.4, -0.2) is 35.4 Å². The second kappa shape index (κ2) is 14.2. The summed E-state index contributed by atoms with van der Waals surface area (Å²) in [5.41, 5.74) is 2.70. The first-order valence-electron chi connectivity index (χ1n) is 13.3. The van der Waals surface area contributed by atoms with Crippen LogP contribution in [0.2, 0.25) is 10.0 Å². The third kappa shape index (κ3) is 8.00. The molecule has 4 rings (SSSR count). The fourth-order valence-corrected chi connectivity index (χ4v) is 5.94. The molecule has 0 radical (unpaired) electrons. The smallest absolute Gasteiger partial charge is 0.261 e. The van der Waals surface area contributed by atoms with Gasteiger partial charge in [0.25, 0.3) is 5.91 Å². The van der Waals surface area contributed by atoms with Gasteiger partial charge in [-0.2, -0.15) is 0 Å². The van der Waals surface area contributed by atoms with Crippen molar-refractivity contribution in [3.63, 3.8) is 0 Å². The molecule has 2 amide bonds. The van der Waals surface area contributed by atoms with Crippen LogP contribution < -0.4 is 10.1 Å². The summed E-state index contributed by atoms with van der Waals surface area (Å²) in [6.45, 7) is 1.91. The van der Waals surface area contributed by atoms with E-state index in [0.717, 1.165) is 47.7 Å². The maximum absolute atomic E-state index is 13.9. The second-order valence-electron chi connectivity index (χ2n) is 9.82. The average molecular weight is 632 g/mol. The van der Waals surface area contributed by atoms with E-state index in [0.29, 0.717) is 27.8 Å². The standard InChI is InChI=1S/C31H33BrCl2N2O3/c1-2-21-15-16-29(25(32)17-21)39-20-30(37)36(19-24-26(33)13-8-14-27(24)34)28(18-22-9-4-3-5-10-22)31(38)35-23-11-6-7-12-23/h3-5,8-10,13-17,23,28H,2,6-7,11-12,18-20H2,1H3,(H,35,38). The lowest BCUT2D eigenvalue weighted by Gasteiger charge is -2.32. The highest BCUT2D eigenvalue weighted by Crippen LogP contribution is 2.29. The van der Waals surface area contributed by atoms with Gasteiger partial charge in [0.15, 0.2) is 6.61 Å². The van der Waals surface area contributed by atoms with E-state index < -0.39 is 6.04 Å². The Kier molecular flexibility index (Phi) is 10.7. The van der Waals surface area contributed by atoms with Crippen LogP contribution in [0.25, 0.3) is 0 Å². The fourth-order valence-electron chi connectivity index (χ4n) is 4.88. The van der Waals surface area contributed by atoms with Crippen molar-refractivity contribution in [3.8, 4) is 5.75 Å². The van der Waals surface area contributed by atoms with Gasteiger partial charge in [0.2, 0.25) is 5.91 Å². The third-order valence-corrected chi connectivity index (χ3v) is 8.45. The van der Waals surface area contributed by atoms with Gasteiger partial charge in [0.1, 0.15) is 11.8 Å². The number of rotatable bonds is 11. The predicted octanol–water partition coefficient (Wildman–Crippen LogP) is 7.40. The molecule has 1 saturated carbocycles. The summed E-state index contributed by atoms with van der Waals surface area (Å²) in [5, 5.41) is 4.08. The van der Waals surface area contributed by atoms with Crippen molar-refractivity contribution in [2.45, 2.75) is 64.1 Å². The second-order valence-corrected chi connectivity index (χ2v) is 11.5. The van der Waals surface area contributed by atoms with Crippen molar-refractivity contribution in [1.82, 2.24) is 10.2 Å². The summed E-state index contributed by atoms with van der Waals surface area (Å²) in [6, 6.07) is 20.1. The van der Waals surface area contributed by atoms with Gasteiger partial charge in [0.05, 0.1) is 4.47 Å². The van der Waals surface area contributed by atoms with Crippen molar-refractivity contribution < 1.29 is 14.3 Å².